The van der Waals surface area contributed by atoms with E-state index in [1.165, 1.54) is 30.3 Å². The molecule has 1 amide bonds. The van der Waals surface area contributed by atoms with Crippen molar-refractivity contribution in [2.45, 2.75) is 75.0 Å². The predicted octanol–water partition coefficient (Wildman–Crippen LogP) is 4.73. The lowest BCUT2D eigenvalue weighted by Crippen LogP contribution is -2.50. The summed E-state index contributed by atoms with van der Waals surface area (Å²) in [5.41, 5.74) is 0.0587. The van der Waals surface area contributed by atoms with Crippen molar-refractivity contribution >= 4 is 17.7 Å². The molecule has 34 heavy (non-hydrogen) atoms. The number of benzene rings is 1. The lowest BCUT2D eigenvalue weighted by molar-refractivity contribution is -0.131. The zero-order valence-corrected chi connectivity index (χ0v) is 20.9. The molecule has 2 fully saturated rings. The Morgan fingerprint density at radius 3 is 2.44 bits per heavy atom. The number of hydrogen-bond donors (Lipinski definition) is 0. The Hall–Kier alpha value is -2.44. The summed E-state index contributed by atoms with van der Waals surface area (Å²) >= 11 is 1.32. The Balaban J connectivity index is 1.56. The van der Waals surface area contributed by atoms with E-state index < -0.39 is 5.54 Å². The summed E-state index contributed by atoms with van der Waals surface area (Å²) in [6, 6.07) is 8.76. The smallest absolute Gasteiger partial charge is 0.234 e. The Morgan fingerprint density at radius 2 is 1.79 bits per heavy atom. The second-order valence-corrected chi connectivity index (χ2v) is 10.3. The number of nitrogens with zero attached hydrogens (tertiary/aromatic N) is 6. The largest absolute Gasteiger partial charge is 0.326 e. The molecule has 1 aromatic carbocycles. The van der Waals surface area contributed by atoms with Gasteiger partial charge < -0.3 is 4.90 Å². The number of thioether (sulfide) groups is 1. The van der Waals surface area contributed by atoms with Gasteiger partial charge in [-0.2, -0.15) is 5.26 Å². The SMILES string of the molecule is CC(c1nnc(SCC(=O)N(C)C2(C#N)CCCCC2)n1-c1ccc(F)cc1)N1CCCCC1. The molecule has 7 nitrogen and oxygen atoms in total. The number of hydrogen-bond acceptors (Lipinski definition) is 6. The van der Waals surface area contributed by atoms with Gasteiger partial charge in [-0.3, -0.25) is 14.3 Å². The van der Waals surface area contributed by atoms with Crippen molar-refractivity contribution in [3.05, 3.63) is 35.9 Å². The molecular weight excluding hydrogens is 451 g/mol. The average Bonchev–Trinajstić information content (AvgIpc) is 3.31. The minimum absolute atomic E-state index is 0.0506. The fourth-order valence-electron chi connectivity index (χ4n) is 5.07. The zero-order chi connectivity index (χ0) is 24.1. The molecule has 1 aliphatic heterocycles. The van der Waals surface area contributed by atoms with Gasteiger partial charge >= 0.3 is 0 Å². The van der Waals surface area contributed by atoms with Crippen LogP contribution in [0.5, 0.6) is 0 Å². The van der Waals surface area contributed by atoms with Crippen LogP contribution in [0.3, 0.4) is 0 Å². The van der Waals surface area contributed by atoms with Crippen LogP contribution in [0, 0.1) is 17.1 Å². The molecule has 4 rings (SSSR count). The molecule has 2 heterocycles. The first kappa shape index (κ1) is 24.7. The molecule has 2 aromatic rings. The lowest BCUT2D eigenvalue weighted by Gasteiger charge is -2.39. The maximum atomic E-state index is 13.6. The predicted molar refractivity (Wildman–Crippen MR) is 130 cm³/mol. The van der Waals surface area contributed by atoms with Crippen molar-refractivity contribution in [3.8, 4) is 11.8 Å². The van der Waals surface area contributed by atoms with Crippen LogP contribution in [-0.4, -0.2) is 61.9 Å². The van der Waals surface area contributed by atoms with E-state index in [1.54, 1.807) is 24.1 Å². The van der Waals surface area contributed by atoms with Crippen LogP contribution in [0.2, 0.25) is 0 Å². The third-order valence-electron chi connectivity index (χ3n) is 7.28. The van der Waals surface area contributed by atoms with E-state index in [9.17, 15) is 14.4 Å². The summed E-state index contributed by atoms with van der Waals surface area (Å²) in [5, 5.41) is 19.4. The van der Waals surface area contributed by atoms with Crippen LogP contribution in [0.25, 0.3) is 5.69 Å². The normalized spacial score (nSPS) is 19.4. The lowest BCUT2D eigenvalue weighted by atomic mass is 9.81. The van der Waals surface area contributed by atoms with Crippen molar-refractivity contribution in [2.75, 3.05) is 25.9 Å². The maximum Gasteiger partial charge on any atom is 0.234 e. The van der Waals surface area contributed by atoms with Crippen molar-refractivity contribution < 1.29 is 9.18 Å². The average molecular weight is 485 g/mol. The van der Waals surface area contributed by atoms with E-state index in [1.807, 2.05) is 4.57 Å². The van der Waals surface area contributed by atoms with Crippen LogP contribution < -0.4 is 0 Å². The minimum Gasteiger partial charge on any atom is -0.326 e. The first-order valence-corrected chi connectivity index (χ1v) is 13.2. The van der Waals surface area contributed by atoms with E-state index in [0.717, 1.165) is 69.5 Å². The molecule has 1 saturated carbocycles. The van der Waals surface area contributed by atoms with Crippen molar-refractivity contribution in [3.63, 3.8) is 0 Å². The van der Waals surface area contributed by atoms with Crippen LogP contribution in [0.15, 0.2) is 29.4 Å². The van der Waals surface area contributed by atoms with Crippen LogP contribution >= 0.6 is 11.8 Å². The number of nitriles is 1. The van der Waals surface area contributed by atoms with Gasteiger partial charge in [-0.05, 0) is 70.0 Å². The topological polar surface area (TPSA) is 78.0 Å². The molecule has 182 valence electrons. The van der Waals surface area contributed by atoms with Crippen molar-refractivity contribution in [2.24, 2.45) is 0 Å². The molecule has 1 atom stereocenters. The number of rotatable bonds is 7. The molecule has 1 saturated heterocycles. The Morgan fingerprint density at radius 1 is 1.15 bits per heavy atom. The molecule has 2 aliphatic rings. The minimum atomic E-state index is -0.714. The monoisotopic (exact) mass is 484 g/mol. The second kappa shape index (κ2) is 10.9. The maximum absolute atomic E-state index is 13.6. The molecule has 1 aliphatic carbocycles. The number of carbonyl (C=O) groups excluding carboxylic acids is 1. The van der Waals surface area contributed by atoms with Gasteiger partial charge in [-0.25, -0.2) is 4.39 Å². The van der Waals surface area contributed by atoms with E-state index in [-0.39, 0.29) is 23.5 Å². The summed E-state index contributed by atoms with van der Waals surface area (Å²) in [6.45, 7) is 4.15. The molecule has 0 bridgehead atoms. The summed E-state index contributed by atoms with van der Waals surface area (Å²) in [4.78, 5) is 17.1. The summed E-state index contributed by atoms with van der Waals surface area (Å²) < 4.78 is 15.6. The standard InChI is InChI=1S/C25H33FN6OS/c1-19(31-15-7-4-8-16-31)23-28-29-24(32(23)21-11-9-20(26)10-12-21)34-17-22(33)30(2)25(18-27)13-5-3-6-14-25/h9-12,19H,3-8,13-17H2,1-2H3. The third kappa shape index (κ3) is 5.13. The van der Waals surface area contributed by atoms with Gasteiger partial charge in [-0.1, -0.05) is 37.4 Å². The molecule has 0 radical (unpaired) electrons. The second-order valence-electron chi connectivity index (χ2n) is 9.37. The quantitative estimate of drug-likeness (QED) is 0.529. The fraction of sp³-hybridized carbons (Fsp3) is 0.600. The molecule has 0 N–H and O–H groups in total. The van der Waals surface area contributed by atoms with Crippen LogP contribution in [-0.2, 0) is 4.79 Å². The number of aromatic nitrogens is 3. The van der Waals surface area contributed by atoms with E-state index in [0.29, 0.717) is 5.16 Å². The van der Waals surface area contributed by atoms with Gasteiger partial charge in [0, 0.05) is 12.7 Å². The summed E-state index contributed by atoms with van der Waals surface area (Å²) in [5.74, 6) is 0.560. The first-order valence-electron chi connectivity index (χ1n) is 12.2. The zero-order valence-electron chi connectivity index (χ0n) is 20.0. The highest BCUT2D eigenvalue weighted by molar-refractivity contribution is 7.99. The van der Waals surface area contributed by atoms with Gasteiger partial charge in [-0.15, -0.1) is 10.2 Å². The van der Waals surface area contributed by atoms with E-state index in [2.05, 4.69) is 28.1 Å². The number of carbonyl (C=O) groups is 1. The number of amides is 1. The highest BCUT2D eigenvalue weighted by Gasteiger charge is 2.39. The van der Waals surface area contributed by atoms with Gasteiger partial charge in [0.05, 0.1) is 17.9 Å². The number of piperidine rings is 1. The summed E-state index contributed by atoms with van der Waals surface area (Å²) in [6.07, 6.45) is 8.06. The molecular formula is C25H33FN6OS. The third-order valence-corrected chi connectivity index (χ3v) is 8.20. The van der Waals surface area contributed by atoms with Gasteiger partial charge in [0.15, 0.2) is 11.0 Å². The molecule has 0 spiro atoms. The number of likely N-dealkylation sites (tertiary alicyclic amines) is 1. The fourth-order valence-corrected chi connectivity index (χ4v) is 5.94. The van der Waals surface area contributed by atoms with Crippen LogP contribution in [0.4, 0.5) is 4.39 Å². The highest BCUT2D eigenvalue weighted by atomic mass is 32.2. The Bertz CT molecular complexity index is 1020. The Labute approximate surface area is 205 Å². The van der Waals surface area contributed by atoms with E-state index in [4.69, 9.17) is 0 Å². The number of halogens is 1. The summed E-state index contributed by atoms with van der Waals surface area (Å²) in [7, 11) is 1.74. The molecule has 1 aromatic heterocycles. The Kier molecular flexibility index (Phi) is 7.89. The molecule has 9 heteroatoms. The van der Waals surface area contributed by atoms with Gasteiger partial charge in [0.2, 0.25) is 5.91 Å². The van der Waals surface area contributed by atoms with Gasteiger partial charge in [0.25, 0.3) is 0 Å². The van der Waals surface area contributed by atoms with Gasteiger partial charge in [0.1, 0.15) is 11.4 Å². The molecule has 1 unspecified atom stereocenters. The first-order chi connectivity index (χ1) is 16.4. The highest BCUT2D eigenvalue weighted by Crippen LogP contribution is 2.34. The van der Waals surface area contributed by atoms with E-state index >= 15 is 0 Å². The van der Waals surface area contributed by atoms with Crippen molar-refractivity contribution in [1.29, 1.82) is 5.26 Å². The van der Waals surface area contributed by atoms with Crippen LogP contribution in [0.1, 0.15) is 70.2 Å². The van der Waals surface area contributed by atoms with Crippen molar-refractivity contribution in [1.82, 2.24) is 24.6 Å².